The number of Topliss-reactive ketones (excluding diaryl/α,β-unsaturated/α-hetero) is 1. The Labute approximate surface area is 84.5 Å². The molecular weight excluding hydrogens is 178 g/mol. The summed E-state index contributed by atoms with van der Waals surface area (Å²) in [5, 5.41) is 0. The Bertz CT molecular complexity index is 274. The summed E-state index contributed by atoms with van der Waals surface area (Å²) in [5.41, 5.74) is 0. The zero-order chi connectivity index (χ0) is 10.3. The Morgan fingerprint density at radius 1 is 1.29 bits per heavy atom. The van der Waals surface area contributed by atoms with Gasteiger partial charge in [0.1, 0.15) is 0 Å². The molecule has 0 aliphatic carbocycles. The predicted octanol–water partition coefficient (Wildman–Crippen LogP) is 1.36. The quantitative estimate of drug-likeness (QED) is 0.633. The number of ketones is 1. The summed E-state index contributed by atoms with van der Waals surface area (Å²) in [6.07, 6.45) is 3.96. The van der Waals surface area contributed by atoms with Crippen molar-refractivity contribution >= 4 is 11.7 Å². The lowest BCUT2D eigenvalue weighted by Crippen LogP contribution is -2.49. The number of amides is 1. The van der Waals surface area contributed by atoms with Crippen molar-refractivity contribution in [1.29, 1.82) is 0 Å². The molecule has 2 saturated heterocycles. The van der Waals surface area contributed by atoms with Gasteiger partial charge in [0.05, 0.1) is 6.04 Å². The summed E-state index contributed by atoms with van der Waals surface area (Å²) >= 11 is 0. The second-order valence-corrected chi connectivity index (χ2v) is 4.58. The maximum Gasteiger partial charge on any atom is 0.226 e. The molecule has 3 nitrogen and oxygen atoms in total. The third kappa shape index (κ3) is 1.35. The zero-order valence-corrected chi connectivity index (χ0v) is 8.82. The number of piperidine rings is 1. The molecule has 0 aromatic carbocycles. The van der Waals surface area contributed by atoms with Gasteiger partial charge in [-0.2, -0.15) is 0 Å². The van der Waals surface area contributed by atoms with Crippen LogP contribution in [0, 0.1) is 5.92 Å². The summed E-state index contributed by atoms with van der Waals surface area (Å²) in [7, 11) is 0. The number of hydrogen-bond acceptors (Lipinski definition) is 2. The molecule has 2 aliphatic rings. The highest BCUT2D eigenvalue weighted by Gasteiger charge is 2.43. The maximum atomic E-state index is 11.9. The van der Waals surface area contributed by atoms with Crippen LogP contribution in [0.15, 0.2) is 0 Å². The van der Waals surface area contributed by atoms with Gasteiger partial charge >= 0.3 is 0 Å². The van der Waals surface area contributed by atoms with Crippen molar-refractivity contribution in [2.75, 3.05) is 0 Å². The SMILES string of the molecule is CC(=O)[C@H]1CC[C@H]2CC[C@H](C)C(=O)N21. The van der Waals surface area contributed by atoms with E-state index in [1.54, 1.807) is 6.92 Å². The van der Waals surface area contributed by atoms with E-state index in [1.165, 1.54) is 0 Å². The topological polar surface area (TPSA) is 37.4 Å². The van der Waals surface area contributed by atoms with Crippen LogP contribution in [0.3, 0.4) is 0 Å². The summed E-state index contributed by atoms with van der Waals surface area (Å²) in [6.45, 7) is 3.56. The Morgan fingerprint density at radius 3 is 2.57 bits per heavy atom. The molecule has 0 N–H and O–H groups in total. The van der Waals surface area contributed by atoms with Gasteiger partial charge in [0.2, 0.25) is 5.91 Å². The zero-order valence-electron chi connectivity index (χ0n) is 8.82. The molecule has 3 atom stereocenters. The largest absolute Gasteiger partial charge is 0.329 e. The first-order valence-corrected chi connectivity index (χ1v) is 5.44. The predicted molar refractivity (Wildman–Crippen MR) is 52.7 cm³/mol. The maximum absolute atomic E-state index is 11.9. The van der Waals surface area contributed by atoms with Gasteiger partial charge in [-0.05, 0) is 32.6 Å². The second kappa shape index (κ2) is 3.37. The van der Waals surface area contributed by atoms with Crippen LogP contribution in [-0.2, 0) is 9.59 Å². The smallest absolute Gasteiger partial charge is 0.226 e. The molecule has 0 aromatic heterocycles. The van der Waals surface area contributed by atoms with Crippen LogP contribution in [0.4, 0.5) is 0 Å². The highest BCUT2D eigenvalue weighted by Crippen LogP contribution is 2.34. The minimum Gasteiger partial charge on any atom is -0.329 e. The number of rotatable bonds is 1. The van der Waals surface area contributed by atoms with Crippen LogP contribution in [-0.4, -0.2) is 28.7 Å². The summed E-state index contributed by atoms with van der Waals surface area (Å²) in [6, 6.07) is 0.239. The summed E-state index contributed by atoms with van der Waals surface area (Å²) < 4.78 is 0. The van der Waals surface area contributed by atoms with E-state index in [1.807, 2.05) is 11.8 Å². The summed E-state index contributed by atoms with van der Waals surface area (Å²) in [4.78, 5) is 25.1. The molecule has 2 heterocycles. The van der Waals surface area contributed by atoms with E-state index < -0.39 is 0 Å². The molecule has 0 saturated carbocycles. The van der Waals surface area contributed by atoms with Crippen molar-refractivity contribution in [1.82, 2.24) is 4.90 Å². The van der Waals surface area contributed by atoms with Gasteiger partial charge in [0, 0.05) is 12.0 Å². The number of hydrogen-bond donors (Lipinski definition) is 0. The first-order valence-electron chi connectivity index (χ1n) is 5.44. The van der Waals surface area contributed by atoms with Gasteiger partial charge in [-0.25, -0.2) is 0 Å². The first-order chi connectivity index (χ1) is 6.61. The molecular formula is C11H17NO2. The lowest BCUT2D eigenvalue weighted by Gasteiger charge is -2.36. The van der Waals surface area contributed by atoms with E-state index in [9.17, 15) is 9.59 Å². The normalized spacial score (nSPS) is 37.1. The molecule has 2 rings (SSSR count). The van der Waals surface area contributed by atoms with E-state index in [0.29, 0.717) is 6.04 Å². The van der Waals surface area contributed by atoms with Crippen LogP contribution in [0.1, 0.15) is 39.5 Å². The fourth-order valence-corrected chi connectivity index (χ4v) is 2.72. The molecule has 78 valence electrons. The second-order valence-electron chi connectivity index (χ2n) is 4.58. The van der Waals surface area contributed by atoms with Crippen molar-refractivity contribution in [3.8, 4) is 0 Å². The van der Waals surface area contributed by atoms with Crippen LogP contribution in [0.5, 0.6) is 0 Å². The van der Waals surface area contributed by atoms with Gasteiger partial charge in [-0.3, -0.25) is 9.59 Å². The van der Waals surface area contributed by atoms with Gasteiger partial charge in [0.25, 0.3) is 0 Å². The van der Waals surface area contributed by atoms with Gasteiger partial charge < -0.3 is 4.90 Å². The van der Waals surface area contributed by atoms with Crippen molar-refractivity contribution in [2.24, 2.45) is 5.92 Å². The van der Waals surface area contributed by atoms with E-state index in [0.717, 1.165) is 25.7 Å². The minimum absolute atomic E-state index is 0.116. The van der Waals surface area contributed by atoms with Crippen LogP contribution in [0.2, 0.25) is 0 Å². The molecule has 0 radical (unpaired) electrons. The molecule has 0 aromatic rings. The van der Waals surface area contributed by atoms with Gasteiger partial charge in [-0.15, -0.1) is 0 Å². The average molecular weight is 195 g/mol. The fourth-order valence-electron chi connectivity index (χ4n) is 2.72. The fraction of sp³-hybridized carbons (Fsp3) is 0.818. The summed E-state index contributed by atoms with van der Waals surface area (Å²) in [5.74, 6) is 0.458. The van der Waals surface area contributed by atoms with E-state index in [4.69, 9.17) is 0 Å². The molecule has 0 spiro atoms. The Hall–Kier alpha value is -0.860. The minimum atomic E-state index is -0.116. The Balaban J connectivity index is 2.20. The number of nitrogens with zero attached hydrogens (tertiary/aromatic N) is 1. The Kier molecular flexibility index (Phi) is 2.33. The van der Waals surface area contributed by atoms with Crippen LogP contribution in [0.25, 0.3) is 0 Å². The molecule has 14 heavy (non-hydrogen) atoms. The lowest BCUT2D eigenvalue weighted by molar-refractivity contribution is -0.145. The standard InChI is InChI=1S/C11H17NO2/c1-7-3-4-9-5-6-10(8(2)13)12(9)11(7)14/h7,9-10H,3-6H2,1-2H3/t7-,9+,10+/m0/s1. The molecule has 3 heteroatoms. The number of carbonyl (C=O) groups excluding carboxylic acids is 2. The highest BCUT2D eigenvalue weighted by molar-refractivity contribution is 5.89. The highest BCUT2D eigenvalue weighted by atomic mass is 16.2. The van der Waals surface area contributed by atoms with Crippen molar-refractivity contribution in [3.63, 3.8) is 0 Å². The molecule has 1 amide bonds. The number of carbonyl (C=O) groups is 2. The van der Waals surface area contributed by atoms with Crippen molar-refractivity contribution in [3.05, 3.63) is 0 Å². The van der Waals surface area contributed by atoms with Crippen LogP contribution < -0.4 is 0 Å². The molecule has 0 unspecified atom stereocenters. The average Bonchev–Trinajstić information content (AvgIpc) is 2.55. The number of fused-ring (bicyclic) bond motifs is 1. The van der Waals surface area contributed by atoms with E-state index in [-0.39, 0.29) is 23.7 Å². The third-order valence-electron chi connectivity index (χ3n) is 3.58. The van der Waals surface area contributed by atoms with E-state index in [2.05, 4.69) is 0 Å². The van der Waals surface area contributed by atoms with Crippen molar-refractivity contribution < 1.29 is 9.59 Å². The monoisotopic (exact) mass is 195 g/mol. The van der Waals surface area contributed by atoms with Gasteiger partial charge in [0.15, 0.2) is 5.78 Å². The molecule has 2 fully saturated rings. The molecule has 2 aliphatic heterocycles. The van der Waals surface area contributed by atoms with E-state index >= 15 is 0 Å². The first kappa shape index (κ1) is 9.69. The third-order valence-corrected chi connectivity index (χ3v) is 3.58. The molecule has 0 bridgehead atoms. The Morgan fingerprint density at radius 2 is 1.93 bits per heavy atom. The van der Waals surface area contributed by atoms with Crippen molar-refractivity contribution in [2.45, 2.75) is 51.6 Å². The lowest BCUT2D eigenvalue weighted by atomic mass is 9.94. The van der Waals surface area contributed by atoms with Gasteiger partial charge in [-0.1, -0.05) is 6.92 Å². The van der Waals surface area contributed by atoms with Crippen LogP contribution >= 0.6 is 0 Å².